The van der Waals surface area contributed by atoms with Crippen molar-refractivity contribution in [2.75, 3.05) is 20.1 Å². The van der Waals surface area contributed by atoms with Gasteiger partial charge in [0.25, 0.3) is 0 Å². The molecule has 5 heteroatoms. The molecule has 1 N–H and O–H groups in total. The van der Waals surface area contributed by atoms with Crippen molar-refractivity contribution in [3.8, 4) is 0 Å². The third kappa shape index (κ3) is 3.06. The summed E-state index contributed by atoms with van der Waals surface area (Å²) >= 11 is 0. The SMILES string of the molecule is CN=C(NCC(C)Cn1cccn1)N1CC(C)(C)C1(C)C. The zero-order valence-electron chi connectivity index (χ0n) is 14.2. The minimum absolute atomic E-state index is 0.139. The number of aromatic nitrogens is 2. The smallest absolute Gasteiger partial charge is 0.194 e. The first kappa shape index (κ1) is 15.9. The van der Waals surface area contributed by atoms with Gasteiger partial charge in [-0.3, -0.25) is 9.67 Å². The van der Waals surface area contributed by atoms with Gasteiger partial charge in [-0.05, 0) is 25.8 Å². The van der Waals surface area contributed by atoms with E-state index in [-0.39, 0.29) is 5.54 Å². The van der Waals surface area contributed by atoms with Crippen LogP contribution in [0.5, 0.6) is 0 Å². The fourth-order valence-electron chi connectivity index (χ4n) is 2.75. The van der Waals surface area contributed by atoms with Gasteiger partial charge in [0.2, 0.25) is 0 Å². The normalized spacial score (nSPS) is 21.8. The van der Waals surface area contributed by atoms with Crippen LogP contribution in [0.2, 0.25) is 0 Å². The molecular formula is C16H29N5. The van der Waals surface area contributed by atoms with Gasteiger partial charge in [-0.15, -0.1) is 0 Å². The summed E-state index contributed by atoms with van der Waals surface area (Å²) in [6.45, 7) is 14.3. The van der Waals surface area contributed by atoms with E-state index >= 15 is 0 Å². The molecule has 118 valence electrons. The third-order valence-electron chi connectivity index (χ3n) is 5.02. The molecule has 2 rings (SSSR count). The first-order valence-electron chi connectivity index (χ1n) is 7.73. The van der Waals surface area contributed by atoms with Gasteiger partial charge < -0.3 is 10.2 Å². The molecule has 1 atom stereocenters. The lowest BCUT2D eigenvalue weighted by Gasteiger charge is -2.62. The van der Waals surface area contributed by atoms with Crippen LogP contribution in [0, 0.1) is 11.3 Å². The first-order valence-corrected chi connectivity index (χ1v) is 7.73. The second-order valence-electron chi connectivity index (χ2n) is 7.29. The first-order chi connectivity index (χ1) is 9.78. The maximum atomic E-state index is 4.45. The summed E-state index contributed by atoms with van der Waals surface area (Å²) in [4.78, 5) is 6.82. The number of hydrogen-bond donors (Lipinski definition) is 1. The number of hydrogen-bond acceptors (Lipinski definition) is 2. The molecule has 1 aliphatic rings. The number of nitrogens with zero attached hydrogens (tertiary/aromatic N) is 4. The Morgan fingerprint density at radius 1 is 1.38 bits per heavy atom. The second-order valence-corrected chi connectivity index (χ2v) is 7.29. The lowest BCUT2D eigenvalue weighted by molar-refractivity contribution is -0.0668. The van der Waals surface area contributed by atoms with E-state index in [4.69, 9.17) is 0 Å². The lowest BCUT2D eigenvalue weighted by atomic mass is 9.65. The Hall–Kier alpha value is -1.52. The molecule has 1 fully saturated rings. The van der Waals surface area contributed by atoms with Crippen LogP contribution in [0.25, 0.3) is 0 Å². The van der Waals surface area contributed by atoms with E-state index in [1.807, 2.05) is 30.2 Å². The molecule has 0 amide bonds. The second kappa shape index (κ2) is 5.70. The highest BCUT2D eigenvalue weighted by Gasteiger charge is 2.53. The van der Waals surface area contributed by atoms with Crippen molar-refractivity contribution in [3.63, 3.8) is 0 Å². The summed E-state index contributed by atoms with van der Waals surface area (Å²) < 4.78 is 1.98. The van der Waals surface area contributed by atoms with Crippen molar-refractivity contribution in [3.05, 3.63) is 18.5 Å². The summed E-state index contributed by atoms with van der Waals surface area (Å²) in [5.41, 5.74) is 0.464. The fraction of sp³-hybridized carbons (Fsp3) is 0.750. The molecule has 1 saturated heterocycles. The Morgan fingerprint density at radius 2 is 2.10 bits per heavy atom. The minimum atomic E-state index is 0.139. The molecule has 2 heterocycles. The summed E-state index contributed by atoms with van der Waals surface area (Å²) in [5.74, 6) is 1.51. The molecule has 1 unspecified atom stereocenters. The number of guanidine groups is 1. The van der Waals surface area contributed by atoms with Gasteiger partial charge in [0.15, 0.2) is 5.96 Å². The van der Waals surface area contributed by atoms with E-state index in [1.165, 1.54) is 0 Å². The summed E-state index contributed by atoms with van der Waals surface area (Å²) in [7, 11) is 1.86. The Bertz CT molecular complexity index is 487. The maximum absolute atomic E-state index is 4.45. The lowest BCUT2D eigenvalue weighted by Crippen LogP contribution is -2.72. The van der Waals surface area contributed by atoms with Gasteiger partial charge in [0.1, 0.15) is 0 Å². The summed E-state index contributed by atoms with van der Waals surface area (Å²) in [5, 5.41) is 7.77. The molecule has 0 aliphatic carbocycles. The quantitative estimate of drug-likeness (QED) is 0.683. The Kier molecular flexibility index (Phi) is 4.30. The zero-order valence-corrected chi connectivity index (χ0v) is 14.2. The molecule has 5 nitrogen and oxygen atoms in total. The van der Waals surface area contributed by atoms with Crippen molar-refractivity contribution >= 4 is 5.96 Å². The predicted octanol–water partition coefficient (Wildman–Crippen LogP) is 2.21. The van der Waals surface area contributed by atoms with Crippen LogP contribution in [-0.2, 0) is 6.54 Å². The van der Waals surface area contributed by atoms with Crippen LogP contribution in [0.4, 0.5) is 0 Å². The van der Waals surface area contributed by atoms with E-state index < -0.39 is 0 Å². The molecule has 1 aromatic rings. The van der Waals surface area contributed by atoms with Crippen LogP contribution < -0.4 is 5.32 Å². The summed E-state index contributed by atoms with van der Waals surface area (Å²) in [6, 6.07) is 1.96. The van der Waals surface area contributed by atoms with Gasteiger partial charge in [-0.25, -0.2) is 0 Å². The molecule has 0 spiro atoms. The molecule has 0 bridgehead atoms. The van der Waals surface area contributed by atoms with Crippen molar-refractivity contribution in [2.45, 2.75) is 46.7 Å². The van der Waals surface area contributed by atoms with Gasteiger partial charge in [-0.1, -0.05) is 20.8 Å². The average molecular weight is 291 g/mol. The van der Waals surface area contributed by atoms with E-state index in [9.17, 15) is 0 Å². The number of aliphatic imine (C=N–C) groups is 1. The van der Waals surface area contributed by atoms with E-state index in [0.717, 1.165) is 25.6 Å². The van der Waals surface area contributed by atoms with Crippen LogP contribution in [0.3, 0.4) is 0 Å². The number of rotatable bonds is 4. The maximum Gasteiger partial charge on any atom is 0.194 e. The number of likely N-dealkylation sites (tertiary alicyclic amines) is 1. The molecule has 1 aromatic heterocycles. The Morgan fingerprint density at radius 3 is 2.57 bits per heavy atom. The zero-order chi connectivity index (χ0) is 15.7. The average Bonchev–Trinajstić information content (AvgIpc) is 2.90. The molecule has 21 heavy (non-hydrogen) atoms. The molecule has 0 aromatic carbocycles. The molecule has 1 aliphatic heterocycles. The van der Waals surface area contributed by atoms with Gasteiger partial charge in [0, 0.05) is 50.0 Å². The molecule has 0 radical (unpaired) electrons. The summed E-state index contributed by atoms with van der Waals surface area (Å²) in [6.07, 6.45) is 3.83. The monoisotopic (exact) mass is 291 g/mol. The van der Waals surface area contributed by atoms with Crippen LogP contribution in [0.15, 0.2) is 23.5 Å². The highest BCUT2D eigenvalue weighted by atomic mass is 15.4. The number of nitrogens with one attached hydrogen (secondary N) is 1. The molecular weight excluding hydrogens is 262 g/mol. The third-order valence-corrected chi connectivity index (χ3v) is 5.02. The fourth-order valence-corrected chi connectivity index (χ4v) is 2.75. The topological polar surface area (TPSA) is 45.5 Å². The van der Waals surface area contributed by atoms with Crippen molar-refractivity contribution in [1.29, 1.82) is 0 Å². The van der Waals surface area contributed by atoms with E-state index in [1.54, 1.807) is 0 Å². The highest BCUT2D eigenvalue weighted by molar-refractivity contribution is 5.82. The van der Waals surface area contributed by atoms with E-state index in [0.29, 0.717) is 11.3 Å². The highest BCUT2D eigenvalue weighted by Crippen LogP contribution is 2.46. The van der Waals surface area contributed by atoms with Gasteiger partial charge in [0.05, 0.1) is 0 Å². The van der Waals surface area contributed by atoms with Gasteiger partial charge in [-0.2, -0.15) is 5.10 Å². The standard InChI is InChI=1S/C16H29N5/c1-13(11-20-9-7-8-19-20)10-18-14(17-6)21-12-15(2,3)16(21,4)5/h7-9,13H,10-12H2,1-6H3,(H,17,18). The van der Waals surface area contributed by atoms with Crippen molar-refractivity contribution in [1.82, 2.24) is 20.0 Å². The largest absolute Gasteiger partial charge is 0.356 e. The minimum Gasteiger partial charge on any atom is -0.356 e. The van der Waals surface area contributed by atoms with Crippen LogP contribution >= 0.6 is 0 Å². The van der Waals surface area contributed by atoms with E-state index in [2.05, 4.69) is 54.9 Å². The van der Waals surface area contributed by atoms with Crippen molar-refractivity contribution < 1.29 is 0 Å². The molecule has 0 saturated carbocycles. The predicted molar refractivity (Wildman–Crippen MR) is 87.3 cm³/mol. The van der Waals surface area contributed by atoms with Crippen LogP contribution in [0.1, 0.15) is 34.6 Å². The Balaban J connectivity index is 1.87. The Labute approximate surface area is 128 Å². The van der Waals surface area contributed by atoms with Crippen molar-refractivity contribution in [2.24, 2.45) is 16.3 Å². The van der Waals surface area contributed by atoms with Crippen LogP contribution in [-0.4, -0.2) is 46.3 Å². The van der Waals surface area contributed by atoms with Gasteiger partial charge >= 0.3 is 0 Å².